The van der Waals surface area contributed by atoms with Gasteiger partial charge in [0.05, 0.1) is 12.0 Å². The first-order valence-corrected chi connectivity index (χ1v) is 6.93. The lowest BCUT2D eigenvalue weighted by atomic mass is 9.93. The molecule has 0 radical (unpaired) electrons. The molecule has 1 heterocycles. The Kier molecular flexibility index (Phi) is 4.56. The fourth-order valence-electron chi connectivity index (χ4n) is 2.54. The van der Waals surface area contributed by atoms with Crippen molar-refractivity contribution in [2.75, 3.05) is 18.5 Å². The second-order valence-corrected chi connectivity index (χ2v) is 5.51. The molecule has 1 fully saturated rings. The van der Waals surface area contributed by atoms with Crippen LogP contribution in [-0.2, 0) is 4.79 Å². The van der Waals surface area contributed by atoms with E-state index in [1.54, 1.807) is 7.05 Å². The van der Waals surface area contributed by atoms with Crippen molar-refractivity contribution in [2.24, 2.45) is 5.92 Å². The Hall–Kier alpha value is -1.56. The molecule has 6 heteroatoms. The van der Waals surface area contributed by atoms with Crippen molar-refractivity contribution in [3.8, 4) is 0 Å². The van der Waals surface area contributed by atoms with Gasteiger partial charge in [-0.15, -0.1) is 0 Å². The van der Waals surface area contributed by atoms with E-state index in [1.165, 1.54) is 4.90 Å². The van der Waals surface area contributed by atoms with Gasteiger partial charge in [-0.05, 0) is 37.5 Å². The number of rotatable bonds is 2. The van der Waals surface area contributed by atoms with Gasteiger partial charge in [0.1, 0.15) is 0 Å². The third-order valence-electron chi connectivity index (χ3n) is 3.89. The summed E-state index contributed by atoms with van der Waals surface area (Å²) >= 11 is 0. The first-order valence-electron chi connectivity index (χ1n) is 6.93. The van der Waals surface area contributed by atoms with Crippen molar-refractivity contribution < 1.29 is 18.0 Å². The molecule has 116 valence electrons. The predicted molar refractivity (Wildman–Crippen MR) is 75.2 cm³/mol. The van der Waals surface area contributed by atoms with Crippen LogP contribution in [0.5, 0.6) is 0 Å². The van der Waals surface area contributed by atoms with E-state index in [4.69, 9.17) is 0 Å². The van der Waals surface area contributed by atoms with Gasteiger partial charge >= 0.3 is 6.18 Å². The first kappa shape index (κ1) is 15.8. The maximum Gasteiger partial charge on any atom is 0.393 e. The molecule has 0 spiro atoms. The number of piperidine rings is 1. The van der Waals surface area contributed by atoms with Crippen molar-refractivity contribution in [1.82, 2.24) is 5.32 Å². The fourth-order valence-corrected chi connectivity index (χ4v) is 2.54. The molecule has 0 aliphatic carbocycles. The van der Waals surface area contributed by atoms with Gasteiger partial charge in [-0.3, -0.25) is 4.79 Å². The van der Waals surface area contributed by atoms with Crippen LogP contribution in [0.1, 0.15) is 18.4 Å². The van der Waals surface area contributed by atoms with Crippen LogP contribution in [0.2, 0.25) is 0 Å². The minimum Gasteiger partial charge on any atom is -0.314 e. The van der Waals surface area contributed by atoms with E-state index in [0.29, 0.717) is 0 Å². The molecule has 2 rings (SSSR count). The van der Waals surface area contributed by atoms with Gasteiger partial charge in [-0.1, -0.05) is 12.1 Å². The second kappa shape index (κ2) is 6.05. The minimum atomic E-state index is -4.19. The number of halogens is 3. The maximum atomic E-state index is 12.6. The van der Waals surface area contributed by atoms with Crippen LogP contribution >= 0.6 is 0 Å². The van der Waals surface area contributed by atoms with Gasteiger partial charge in [0.2, 0.25) is 5.91 Å². The van der Waals surface area contributed by atoms with Gasteiger partial charge in [-0.25, -0.2) is 0 Å². The van der Waals surface area contributed by atoms with Crippen molar-refractivity contribution in [3.05, 3.63) is 29.8 Å². The van der Waals surface area contributed by atoms with E-state index >= 15 is 0 Å². The second-order valence-electron chi connectivity index (χ2n) is 5.51. The first-order chi connectivity index (χ1) is 9.79. The summed E-state index contributed by atoms with van der Waals surface area (Å²) in [6.45, 7) is 1.73. The van der Waals surface area contributed by atoms with Crippen LogP contribution in [0.25, 0.3) is 0 Å². The standard InChI is InChI=1S/C15H19F3N2O/c1-10-4-3-5-12(8-10)20(2)14(21)13-7-6-11(9-19-13)15(16,17)18/h3-5,8,11,13,19H,6-7,9H2,1-2H3. The SMILES string of the molecule is Cc1cccc(N(C)C(=O)C2CCC(C(F)(F)F)CN2)c1. The Balaban J connectivity index is 1.99. The van der Waals surface area contributed by atoms with E-state index in [1.807, 2.05) is 31.2 Å². The monoisotopic (exact) mass is 300 g/mol. The number of aryl methyl sites for hydroxylation is 1. The molecule has 1 aromatic rings. The van der Waals surface area contributed by atoms with Gasteiger partial charge in [0, 0.05) is 19.3 Å². The van der Waals surface area contributed by atoms with Crippen molar-refractivity contribution in [3.63, 3.8) is 0 Å². The topological polar surface area (TPSA) is 32.3 Å². The highest BCUT2D eigenvalue weighted by Crippen LogP contribution is 2.32. The zero-order valence-corrected chi connectivity index (χ0v) is 12.1. The summed E-state index contributed by atoms with van der Waals surface area (Å²) in [6.07, 6.45) is -3.99. The van der Waals surface area contributed by atoms with Crippen molar-refractivity contribution >= 4 is 11.6 Å². The molecule has 1 aliphatic heterocycles. The average molecular weight is 300 g/mol. The number of nitrogens with zero attached hydrogens (tertiary/aromatic N) is 1. The summed E-state index contributed by atoms with van der Waals surface area (Å²) < 4.78 is 37.8. The van der Waals surface area contributed by atoms with Gasteiger partial charge in [0.25, 0.3) is 0 Å². The van der Waals surface area contributed by atoms with Crippen LogP contribution in [0, 0.1) is 12.8 Å². The van der Waals surface area contributed by atoms with Crippen LogP contribution in [-0.4, -0.2) is 31.7 Å². The maximum absolute atomic E-state index is 12.6. The van der Waals surface area contributed by atoms with E-state index < -0.39 is 18.1 Å². The van der Waals surface area contributed by atoms with Crippen molar-refractivity contribution in [2.45, 2.75) is 32.0 Å². The number of hydrogen-bond acceptors (Lipinski definition) is 2. The van der Waals surface area contributed by atoms with Crippen LogP contribution < -0.4 is 10.2 Å². The molecule has 1 saturated heterocycles. The summed E-state index contributed by atoms with van der Waals surface area (Å²) in [4.78, 5) is 13.8. The van der Waals surface area contributed by atoms with Crippen LogP contribution in [0.15, 0.2) is 24.3 Å². The van der Waals surface area contributed by atoms with Crippen LogP contribution in [0.3, 0.4) is 0 Å². The zero-order valence-electron chi connectivity index (χ0n) is 12.1. The number of likely N-dealkylation sites (N-methyl/N-ethyl adjacent to an activating group) is 1. The summed E-state index contributed by atoms with van der Waals surface area (Å²) in [5, 5.41) is 2.73. The molecule has 0 bridgehead atoms. The molecule has 1 aromatic carbocycles. The molecule has 0 saturated carbocycles. The lowest BCUT2D eigenvalue weighted by molar-refractivity contribution is -0.180. The van der Waals surface area contributed by atoms with Crippen molar-refractivity contribution in [1.29, 1.82) is 0 Å². The number of alkyl halides is 3. The highest BCUT2D eigenvalue weighted by Gasteiger charge is 2.42. The Bertz CT molecular complexity index is 508. The lowest BCUT2D eigenvalue weighted by Crippen LogP contribution is -2.51. The third-order valence-corrected chi connectivity index (χ3v) is 3.89. The number of amides is 1. The number of nitrogens with one attached hydrogen (secondary N) is 1. The number of hydrogen-bond donors (Lipinski definition) is 1. The lowest BCUT2D eigenvalue weighted by Gasteiger charge is -2.32. The quantitative estimate of drug-likeness (QED) is 0.911. The highest BCUT2D eigenvalue weighted by atomic mass is 19.4. The van der Waals surface area contributed by atoms with E-state index in [9.17, 15) is 18.0 Å². The highest BCUT2D eigenvalue weighted by molar-refractivity contribution is 5.96. The minimum absolute atomic E-state index is 0.00539. The number of benzene rings is 1. The molecule has 21 heavy (non-hydrogen) atoms. The number of carbonyl (C=O) groups is 1. The summed E-state index contributed by atoms with van der Waals surface area (Å²) in [5.74, 6) is -1.55. The largest absolute Gasteiger partial charge is 0.393 e. The average Bonchev–Trinajstić information content (AvgIpc) is 2.45. The van der Waals surface area contributed by atoms with Gasteiger partial charge < -0.3 is 10.2 Å². The molecule has 3 nitrogen and oxygen atoms in total. The Morgan fingerprint density at radius 1 is 1.33 bits per heavy atom. The van der Waals surface area contributed by atoms with Crippen LogP contribution in [0.4, 0.5) is 18.9 Å². The summed E-state index contributed by atoms with van der Waals surface area (Å²) in [5.41, 5.74) is 1.78. The molecule has 0 aromatic heterocycles. The normalized spacial score (nSPS) is 22.9. The van der Waals surface area contributed by atoms with Gasteiger partial charge in [0.15, 0.2) is 0 Å². The Labute approximate surface area is 122 Å². The predicted octanol–water partition coefficient (Wildman–Crippen LogP) is 2.89. The molecule has 1 amide bonds. The Morgan fingerprint density at radius 3 is 2.57 bits per heavy atom. The van der Waals surface area contributed by atoms with Gasteiger partial charge in [-0.2, -0.15) is 13.2 Å². The fraction of sp³-hybridized carbons (Fsp3) is 0.533. The van der Waals surface area contributed by atoms with E-state index in [2.05, 4.69) is 5.32 Å². The van der Waals surface area contributed by atoms with E-state index in [-0.39, 0.29) is 25.3 Å². The summed E-state index contributed by atoms with van der Waals surface area (Å²) in [7, 11) is 1.65. The molecule has 1 aliphatic rings. The Morgan fingerprint density at radius 2 is 2.05 bits per heavy atom. The molecular weight excluding hydrogens is 281 g/mol. The number of anilines is 1. The number of carbonyl (C=O) groups excluding carboxylic acids is 1. The van der Waals surface area contributed by atoms with E-state index in [0.717, 1.165) is 11.3 Å². The smallest absolute Gasteiger partial charge is 0.314 e. The third kappa shape index (κ3) is 3.75. The molecule has 2 atom stereocenters. The molecular formula is C15H19F3N2O. The molecule has 2 unspecified atom stereocenters. The summed E-state index contributed by atoms with van der Waals surface area (Å²) in [6, 6.07) is 6.91. The zero-order chi connectivity index (χ0) is 15.6. The molecule has 1 N–H and O–H groups in total.